The van der Waals surface area contributed by atoms with Crippen molar-refractivity contribution in [2.75, 3.05) is 83.9 Å². The van der Waals surface area contributed by atoms with Crippen molar-refractivity contribution in [1.29, 1.82) is 0 Å². The Morgan fingerprint density at radius 2 is 1.74 bits per heavy atom. The molecule has 6 rings (SSSR count). The van der Waals surface area contributed by atoms with Gasteiger partial charge in [-0.3, -0.25) is 4.90 Å². The van der Waals surface area contributed by atoms with Gasteiger partial charge in [0, 0.05) is 77.0 Å². The first-order valence-electron chi connectivity index (χ1n) is 15.6. The van der Waals surface area contributed by atoms with E-state index in [0.717, 1.165) is 71.6 Å². The van der Waals surface area contributed by atoms with Crippen molar-refractivity contribution >= 4 is 22.5 Å². The number of nitrogens with zero attached hydrogens (tertiary/aromatic N) is 6. The lowest BCUT2D eigenvalue weighted by Gasteiger charge is -2.42. The molecular weight excluding hydrogens is 530 g/mol. The number of pyridine rings is 1. The molecule has 5 heterocycles. The fourth-order valence-electron chi connectivity index (χ4n) is 6.49. The van der Waals surface area contributed by atoms with Crippen LogP contribution in [0.4, 0.5) is 11.5 Å². The molecule has 1 aromatic carbocycles. The second-order valence-corrected chi connectivity index (χ2v) is 11.7. The Balaban J connectivity index is 1.28. The zero-order chi connectivity index (χ0) is 29.1. The molecule has 0 amide bonds. The summed E-state index contributed by atoms with van der Waals surface area (Å²) in [7, 11) is 5.85. The molecule has 0 saturated carbocycles. The summed E-state index contributed by atoms with van der Waals surface area (Å²) < 4.78 is 17.9. The lowest BCUT2D eigenvalue weighted by atomic mass is 10.00. The van der Waals surface area contributed by atoms with Crippen molar-refractivity contribution in [2.45, 2.75) is 51.2 Å². The van der Waals surface area contributed by atoms with Crippen LogP contribution in [0.5, 0.6) is 11.6 Å². The number of aromatic nitrogens is 3. The summed E-state index contributed by atoms with van der Waals surface area (Å²) in [5, 5.41) is 3.20. The minimum atomic E-state index is 0.0876. The van der Waals surface area contributed by atoms with E-state index in [9.17, 15) is 0 Å². The SMILES string of the molecule is CCc1nc2c(NC)ncc(-c3ccc(N4CCC(N5CCN(C)CC5)CC4)c(OC)c3)c2nc1OC1CCOCC1. The molecule has 3 aromatic rings. The van der Waals surface area contributed by atoms with E-state index >= 15 is 0 Å². The van der Waals surface area contributed by atoms with Crippen LogP contribution in [-0.2, 0) is 11.2 Å². The van der Waals surface area contributed by atoms with Crippen LogP contribution in [-0.4, -0.2) is 111 Å². The summed E-state index contributed by atoms with van der Waals surface area (Å²) in [6, 6.07) is 7.14. The van der Waals surface area contributed by atoms with E-state index in [-0.39, 0.29) is 6.10 Å². The normalized spacial score (nSPS) is 19.8. The van der Waals surface area contributed by atoms with Crippen LogP contribution in [0, 0.1) is 0 Å². The number of benzene rings is 1. The molecule has 0 atom stereocenters. The van der Waals surface area contributed by atoms with E-state index < -0.39 is 0 Å². The second kappa shape index (κ2) is 13.0. The summed E-state index contributed by atoms with van der Waals surface area (Å²) in [6.45, 7) is 10.3. The first-order valence-corrected chi connectivity index (χ1v) is 15.6. The van der Waals surface area contributed by atoms with Crippen LogP contribution >= 0.6 is 0 Å². The van der Waals surface area contributed by atoms with Gasteiger partial charge in [-0.05, 0) is 44.0 Å². The largest absolute Gasteiger partial charge is 0.495 e. The number of methoxy groups -OCH3 is 1. The minimum Gasteiger partial charge on any atom is -0.495 e. The first-order chi connectivity index (χ1) is 20.6. The number of likely N-dealkylation sites (N-methyl/N-ethyl adjacent to an activating group) is 1. The summed E-state index contributed by atoms with van der Waals surface area (Å²) in [6.07, 6.45) is 6.77. The maximum absolute atomic E-state index is 6.42. The first kappa shape index (κ1) is 28.9. The van der Waals surface area contributed by atoms with E-state index in [1.54, 1.807) is 7.11 Å². The van der Waals surface area contributed by atoms with Gasteiger partial charge in [0.2, 0.25) is 5.88 Å². The van der Waals surface area contributed by atoms with Crippen LogP contribution in [0.3, 0.4) is 0 Å². The topological polar surface area (TPSA) is 88.1 Å². The second-order valence-electron chi connectivity index (χ2n) is 11.7. The average molecular weight is 576 g/mol. The van der Waals surface area contributed by atoms with Crippen LogP contribution in [0.25, 0.3) is 22.2 Å². The Morgan fingerprint density at radius 3 is 2.43 bits per heavy atom. The van der Waals surface area contributed by atoms with Crippen molar-refractivity contribution in [3.8, 4) is 22.8 Å². The zero-order valence-corrected chi connectivity index (χ0v) is 25.6. The number of fused-ring (bicyclic) bond motifs is 1. The van der Waals surface area contributed by atoms with Crippen LogP contribution in [0.1, 0.15) is 38.3 Å². The van der Waals surface area contributed by atoms with E-state index in [1.807, 2.05) is 13.2 Å². The number of ether oxygens (including phenoxy) is 3. The van der Waals surface area contributed by atoms with Crippen LogP contribution in [0.15, 0.2) is 24.4 Å². The molecule has 0 spiro atoms. The number of piperidine rings is 1. The summed E-state index contributed by atoms with van der Waals surface area (Å²) in [4.78, 5) is 22.4. The van der Waals surface area contributed by atoms with E-state index in [1.165, 1.54) is 39.0 Å². The molecule has 3 fully saturated rings. The fraction of sp³-hybridized carbons (Fsp3) is 0.594. The van der Waals surface area contributed by atoms with E-state index in [2.05, 4.69) is 52.2 Å². The Kier molecular flexibility index (Phi) is 8.92. The Morgan fingerprint density at radius 1 is 0.976 bits per heavy atom. The molecule has 3 aliphatic rings. The zero-order valence-electron chi connectivity index (χ0n) is 25.6. The third-order valence-electron chi connectivity index (χ3n) is 9.10. The number of aryl methyl sites for hydroxylation is 1. The van der Waals surface area contributed by atoms with Gasteiger partial charge in [0.1, 0.15) is 28.6 Å². The molecule has 42 heavy (non-hydrogen) atoms. The minimum absolute atomic E-state index is 0.0876. The van der Waals surface area contributed by atoms with E-state index in [4.69, 9.17) is 29.2 Å². The molecule has 1 N–H and O–H groups in total. The molecule has 0 aliphatic carbocycles. The predicted molar refractivity (Wildman–Crippen MR) is 167 cm³/mol. The molecule has 3 saturated heterocycles. The number of piperazine rings is 1. The van der Waals surface area contributed by atoms with Crippen molar-refractivity contribution < 1.29 is 14.2 Å². The molecule has 0 radical (unpaired) electrons. The molecule has 10 heteroatoms. The average Bonchev–Trinajstić information content (AvgIpc) is 3.04. The molecule has 226 valence electrons. The lowest BCUT2D eigenvalue weighted by Crippen LogP contribution is -2.52. The highest BCUT2D eigenvalue weighted by atomic mass is 16.5. The third kappa shape index (κ3) is 5.98. The smallest absolute Gasteiger partial charge is 0.236 e. The van der Waals surface area contributed by atoms with Gasteiger partial charge < -0.3 is 29.3 Å². The van der Waals surface area contributed by atoms with Crippen LogP contribution < -0.4 is 19.7 Å². The lowest BCUT2D eigenvalue weighted by molar-refractivity contribution is 0.0233. The third-order valence-corrected chi connectivity index (χ3v) is 9.10. The molecular formula is C32H45N7O3. The maximum atomic E-state index is 6.42. The van der Waals surface area contributed by atoms with Crippen molar-refractivity contribution in [1.82, 2.24) is 24.8 Å². The number of hydrogen-bond acceptors (Lipinski definition) is 10. The van der Waals surface area contributed by atoms with Gasteiger partial charge in [-0.1, -0.05) is 13.0 Å². The van der Waals surface area contributed by atoms with E-state index in [0.29, 0.717) is 31.0 Å². The van der Waals surface area contributed by atoms with Gasteiger partial charge in [-0.15, -0.1) is 0 Å². The fourth-order valence-corrected chi connectivity index (χ4v) is 6.49. The van der Waals surface area contributed by atoms with Crippen LogP contribution in [0.2, 0.25) is 0 Å². The van der Waals surface area contributed by atoms with Gasteiger partial charge in [0.15, 0.2) is 5.82 Å². The quantitative estimate of drug-likeness (QED) is 0.424. The highest BCUT2D eigenvalue weighted by Gasteiger charge is 2.28. The number of rotatable bonds is 8. The van der Waals surface area contributed by atoms with Crippen molar-refractivity contribution in [3.05, 3.63) is 30.1 Å². The van der Waals surface area contributed by atoms with Gasteiger partial charge in [-0.2, -0.15) is 0 Å². The summed E-state index contributed by atoms with van der Waals surface area (Å²) >= 11 is 0. The van der Waals surface area contributed by atoms with Gasteiger partial charge in [0.05, 0.1) is 26.0 Å². The standard InChI is InChI=1S/C32H45N7O3/c1-5-26-32(42-24-10-18-41-19-11-24)36-29-25(21-34-31(33-2)30(29)35-26)22-6-7-27(28(20-22)40-4)39-12-8-23(9-13-39)38-16-14-37(3)15-17-38/h6-7,20-21,23-24H,5,8-19H2,1-4H3,(H,33,34). The maximum Gasteiger partial charge on any atom is 0.236 e. The monoisotopic (exact) mass is 575 g/mol. The van der Waals surface area contributed by atoms with Gasteiger partial charge in [-0.25, -0.2) is 15.0 Å². The molecule has 10 nitrogen and oxygen atoms in total. The molecule has 0 bridgehead atoms. The Labute approximate surface area is 249 Å². The number of nitrogens with one attached hydrogen (secondary N) is 1. The van der Waals surface area contributed by atoms with Crippen molar-refractivity contribution in [3.63, 3.8) is 0 Å². The molecule has 0 unspecified atom stereocenters. The van der Waals surface area contributed by atoms with Gasteiger partial charge >= 0.3 is 0 Å². The Hall–Kier alpha value is -3.21. The molecule has 3 aliphatic heterocycles. The highest BCUT2D eigenvalue weighted by molar-refractivity contribution is 5.97. The Bertz CT molecular complexity index is 1360. The predicted octanol–water partition coefficient (Wildman–Crippen LogP) is 4.08. The van der Waals surface area contributed by atoms with Crippen molar-refractivity contribution in [2.24, 2.45) is 0 Å². The number of hydrogen-bond donors (Lipinski definition) is 1. The molecule has 2 aromatic heterocycles. The highest BCUT2D eigenvalue weighted by Crippen LogP contribution is 2.38. The summed E-state index contributed by atoms with van der Waals surface area (Å²) in [5.74, 6) is 2.19. The number of anilines is 2. The summed E-state index contributed by atoms with van der Waals surface area (Å²) in [5.41, 5.74) is 5.42. The van der Waals surface area contributed by atoms with Gasteiger partial charge in [0.25, 0.3) is 0 Å².